The van der Waals surface area contributed by atoms with Crippen molar-refractivity contribution in [3.8, 4) is 34.1 Å². The maximum Gasteiger partial charge on any atom is 0.175 e. The Hall–Kier alpha value is -2.93. The van der Waals surface area contributed by atoms with Gasteiger partial charge in [0.25, 0.3) is 0 Å². The van der Waals surface area contributed by atoms with E-state index in [1.165, 1.54) is 20.3 Å². The smallest absolute Gasteiger partial charge is 0.175 e. The zero-order valence-electron chi connectivity index (χ0n) is 13.5. The van der Waals surface area contributed by atoms with E-state index in [4.69, 9.17) is 14.0 Å². The van der Waals surface area contributed by atoms with E-state index in [-0.39, 0.29) is 16.9 Å². The predicted octanol–water partition coefficient (Wildman–Crippen LogP) is 3.80. The lowest BCUT2D eigenvalue weighted by atomic mass is 10.0. The molecule has 0 aliphatic rings. The van der Waals surface area contributed by atoms with Crippen molar-refractivity contribution in [3.05, 3.63) is 53.6 Å². The normalized spacial score (nSPS) is 10.8. The second-order valence-corrected chi connectivity index (χ2v) is 5.19. The number of ether oxygens (including phenoxy) is 2. The molecule has 0 atom stereocenters. The van der Waals surface area contributed by atoms with Crippen LogP contribution in [0.25, 0.3) is 22.6 Å². The Morgan fingerprint density at radius 2 is 1.80 bits per heavy atom. The summed E-state index contributed by atoms with van der Waals surface area (Å²) in [6, 6.07) is 8.14. The number of nitrogens with zero attached hydrogens (tertiary/aromatic N) is 1. The second-order valence-electron chi connectivity index (χ2n) is 5.19. The maximum absolute atomic E-state index is 14.1. The van der Waals surface area contributed by atoms with Crippen molar-refractivity contribution in [2.45, 2.75) is 6.61 Å². The molecule has 0 amide bonds. The first-order chi connectivity index (χ1) is 12.1. The number of hydrogen-bond donors (Lipinski definition) is 1. The average molecular weight is 347 g/mol. The Bertz CT molecular complexity index is 908. The van der Waals surface area contributed by atoms with Crippen LogP contribution in [0.1, 0.15) is 5.56 Å². The molecule has 0 aliphatic heterocycles. The quantitative estimate of drug-likeness (QED) is 0.761. The van der Waals surface area contributed by atoms with E-state index in [1.807, 2.05) is 0 Å². The van der Waals surface area contributed by atoms with E-state index in [2.05, 4.69) is 5.16 Å². The fourth-order valence-electron chi connectivity index (χ4n) is 2.55. The molecule has 0 fully saturated rings. The van der Waals surface area contributed by atoms with E-state index in [0.717, 1.165) is 12.1 Å². The van der Waals surface area contributed by atoms with Gasteiger partial charge in [-0.1, -0.05) is 5.16 Å². The summed E-state index contributed by atoms with van der Waals surface area (Å²) in [7, 11) is 3.01. The standard InChI is InChI=1S/C18H15F2NO4/c1-23-11-4-6-13(16(8-11)24-2)17-14(9-22)18(25-21-17)12-5-3-10(19)7-15(12)20/h3-8,22H,9H2,1-2H3. The Morgan fingerprint density at radius 3 is 2.44 bits per heavy atom. The molecule has 1 aromatic heterocycles. The van der Waals surface area contributed by atoms with Crippen LogP contribution in [0.5, 0.6) is 11.5 Å². The molecule has 1 N–H and O–H groups in total. The number of rotatable bonds is 5. The number of hydrogen-bond acceptors (Lipinski definition) is 5. The number of benzene rings is 2. The van der Waals surface area contributed by atoms with Crippen LogP contribution in [0.15, 0.2) is 40.9 Å². The summed E-state index contributed by atoms with van der Waals surface area (Å²) < 4.78 is 42.9. The van der Waals surface area contributed by atoms with Gasteiger partial charge in [0.1, 0.15) is 28.8 Å². The van der Waals surface area contributed by atoms with Gasteiger partial charge in [0.2, 0.25) is 0 Å². The summed E-state index contributed by atoms with van der Waals surface area (Å²) in [5, 5.41) is 13.7. The number of aromatic nitrogens is 1. The van der Waals surface area contributed by atoms with Gasteiger partial charge in [-0.15, -0.1) is 0 Å². The Kier molecular flexibility index (Phi) is 4.67. The summed E-state index contributed by atoms with van der Waals surface area (Å²) in [4.78, 5) is 0. The Balaban J connectivity index is 2.15. The van der Waals surface area contributed by atoms with Crippen LogP contribution in [0.2, 0.25) is 0 Å². The van der Waals surface area contributed by atoms with Gasteiger partial charge < -0.3 is 19.1 Å². The number of halogens is 2. The molecule has 0 saturated carbocycles. The molecule has 3 rings (SSSR count). The van der Waals surface area contributed by atoms with E-state index < -0.39 is 18.2 Å². The summed E-state index contributed by atoms with van der Waals surface area (Å²) in [5.74, 6) is -0.441. The van der Waals surface area contributed by atoms with Crippen molar-refractivity contribution in [1.29, 1.82) is 0 Å². The van der Waals surface area contributed by atoms with Gasteiger partial charge >= 0.3 is 0 Å². The predicted molar refractivity (Wildman–Crippen MR) is 86.3 cm³/mol. The second kappa shape index (κ2) is 6.90. The van der Waals surface area contributed by atoms with Crippen molar-refractivity contribution in [2.24, 2.45) is 0 Å². The van der Waals surface area contributed by atoms with Crippen LogP contribution in [-0.4, -0.2) is 24.5 Å². The number of aliphatic hydroxyl groups is 1. The Morgan fingerprint density at radius 1 is 1.04 bits per heavy atom. The van der Waals surface area contributed by atoms with E-state index in [0.29, 0.717) is 22.8 Å². The molecule has 25 heavy (non-hydrogen) atoms. The highest BCUT2D eigenvalue weighted by Crippen LogP contribution is 2.38. The van der Waals surface area contributed by atoms with Gasteiger partial charge in [-0.3, -0.25) is 0 Å². The molecule has 0 unspecified atom stereocenters. The molecule has 130 valence electrons. The van der Waals surface area contributed by atoms with Crippen molar-refractivity contribution >= 4 is 0 Å². The van der Waals surface area contributed by atoms with Gasteiger partial charge in [-0.25, -0.2) is 8.78 Å². The van der Waals surface area contributed by atoms with Crippen molar-refractivity contribution in [3.63, 3.8) is 0 Å². The lowest BCUT2D eigenvalue weighted by Gasteiger charge is -2.09. The third-order valence-corrected chi connectivity index (χ3v) is 3.79. The molecule has 7 heteroatoms. The molecular weight excluding hydrogens is 332 g/mol. The zero-order chi connectivity index (χ0) is 18.0. The monoisotopic (exact) mass is 347 g/mol. The largest absolute Gasteiger partial charge is 0.497 e. The first-order valence-corrected chi connectivity index (χ1v) is 7.36. The summed E-state index contributed by atoms with van der Waals surface area (Å²) in [6.07, 6.45) is 0. The van der Waals surface area contributed by atoms with E-state index >= 15 is 0 Å². The zero-order valence-corrected chi connectivity index (χ0v) is 13.5. The highest BCUT2D eigenvalue weighted by molar-refractivity contribution is 5.76. The van der Waals surface area contributed by atoms with Gasteiger partial charge in [-0.05, 0) is 24.3 Å². The van der Waals surface area contributed by atoms with Crippen molar-refractivity contribution in [2.75, 3.05) is 14.2 Å². The molecule has 1 heterocycles. The Labute approximate surface area is 142 Å². The van der Waals surface area contributed by atoms with Crippen molar-refractivity contribution < 1.29 is 27.9 Å². The first kappa shape index (κ1) is 16.9. The maximum atomic E-state index is 14.1. The molecule has 3 aromatic rings. The molecule has 0 bridgehead atoms. The van der Waals surface area contributed by atoms with Crippen LogP contribution in [0.4, 0.5) is 8.78 Å². The lowest BCUT2D eigenvalue weighted by molar-refractivity contribution is 0.281. The third kappa shape index (κ3) is 3.06. The molecular formula is C18H15F2NO4. The minimum Gasteiger partial charge on any atom is -0.497 e. The van der Waals surface area contributed by atoms with Crippen molar-refractivity contribution in [1.82, 2.24) is 5.16 Å². The van der Waals surface area contributed by atoms with Crippen LogP contribution >= 0.6 is 0 Å². The van der Waals surface area contributed by atoms with Gasteiger partial charge in [0.05, 0.1) is 32.0 Å². The molecule has 0 spiro atoms. The lowest BCUT2D eigenvalue weighted by Crippen LogP contribution is -1.94. The average Bonchev–Trinajstić information content (AvgIpc) is 3.04. The summed E-state index contributed by atoms with van der Waals surface area (Å²) >= 11 is 0. The molecule has 0 aliphatic carbocycles. The van der Waals surface area contributed by atoms with E-state index in [1.54, 1.807) is 18.2 Å². The molecule has 0 radical (unpaired) electrons. The van der Waals surface area contributed by atoms with E-state index in [9.17, 15) is 13.9 Å². The minimum atomic E-state index is -0.806. The molecule has 2 aromatic carbocycles. The van der Waals surface area contributed by atoms with Crippen LogP contribution in [-0.2, 0) is 6.61 Å². The SMILES string of the molecule is COc1ccc(-c2noc(-c3ccc(F)cc3F)c2CO)c(OC)c1. The van der Waals surface area contributed by atoms with Crippen LogP contribution < -0.4 is 9.47 Å². The number of methoxy groups -OCH3 is 2. The van der Waals surface area contributed by atoms with Gasteiger partial charge in [0.15, 0.2) is 5.76 Å². The van der Waals surface area contributed by atoms with Crippen LogP contribution in [0, 0.1) is 11.6 Å². The van der Waals surface area contributed by atoms with Gasteiger partial charge in [0, 0.05) is 17.7 Å². The first-order valence-electron chi connectivity index (χ1n) is 7.36. The molecule has 5 nitrogen and oxygen atoms in total. The number of aliphatic hydroxyl groups excluding tert-OH is 1. The summed E-state index contributed by atoms with van der Waals surface area (Å²) in [6.45, 7) is -0.444. The summed E-state index contributed by atoms with van der Waals surface area (Å²) in [5.41, 5.74) is 1.14. The fourth-order valence-corrected chi connectivity index (χ4v) is 2.55. The highest BCUT2D eigenvalue weighted by atomic mass is 19.1. The topological polar surface area (TPSA) is 64.7 Å². The fraction of sp³-hybridized carbons (Fsp3) is 0.167. The highest BCUT2D eigenvalue weighted by Gasteiger charge is 2.23. The molecule has 0 saturated heterocycles. The minimum absolute atomic E-state index is 0.0108. The van der Waals surface area contributed by atoms with Crippen LogP contribution in [0.3, 0.4) is 0 Å². The van der Waals surface area contributed by atoms with Gasteiger partial charge in [-0.2, -0.15) is 0 Å². The third-order valence-electron chi connectivity index (χ3n) is 3.79.